The minimum absolute atomic E-state index is 0.545. The van der Waals surface area contributed by atoms with E-state index in [1.54, 1.807) is 19.2 Å². The first-order valence-electron chi connectivity index (χ1n) is 8.25. The van der Waals surface area contributed by atoms with Crippen LogP contribution in [0.5, 0.6) is 11.5 Å². The molecule has 0 bridgehead atoms. The van der Waals surface area contributed by atoms with Gasteiger partial charge in [-0.3, -0.25) is 4.79 Å². The Labute approximate surface area is 133 Å². The van der Waals surface area contributed by atoms with Gasteiger partial charge in [0.2, 0.25) is 0 Å². The van der Waals surface area contributed by atoms with E-state index in [-0.39, 0.29) is 0 Å². The van der Waals surface area contributed by atoms with Crippen molar-refractivity contribution in [3.8, 4) is 11.5 Å². The predicted molar refractivity (Wildman–Crippen MR) is 88.0 cm³/mol. The molecule has 0 aliphatic carbocycles. The second-order valence-corrected chi connectivity index (χ2v) is 5.93. The van der Waals surface area contributed by atoms with Crippen molar-refractivity contribution in [1.29, 1.82) is 0 Å². The number of rotatable bonds is 8. The van der Waals surface area contributed by atoms with E-state index in [2.05, 4.69) is 11.8 Å². The molecule has 4 heteroatoms. The minimum Gasteiger partial charge on any atom is -0.493 e. The molecule has 1 aromatic rings. The predicted octanol–water partition coefficient (Wildman–Crippen LogP) is 3.54. The monoisotopic (exact) mass is 305 g/mol. The maximum Gasteiger partial charge on any atom is 0.171 e. The van der Waals surface area contributed by atoms with Crippen molar-refractivity contribution < 1.29 is 14.3 Å². The molecule has 22 heavy (non-hydrogen) atoms. The quantitative estimate of drug-likeness (QED) is 0.544. The van der Waals surface area contributed by atoms with E-state index in [4.69, 9.17) is 9.47 Å². The standard InChI is InChI=1S/C18H27NO3/c1-15-8-3-4-11-19(15)12-5-6-13-22-18-16(14-20)9-7-10-17(18)21-2/h7,9-10,14-15H,3-6,8,11-13H2,1-2H3/t15-/m0/s1. The highest BCUT2D eigenvalue weighted by Gasteiger charge is 2.17. The minimum atomic E-state index is 0.545. The Morgan fingerprint density at radius 1 is 1.32 bits per heavy atom. The number of hydrogen-bond acceptors (Lipinski definition) is 4. The molecule has 0 unspecified atom stereocenters. The summed E-state index contributed by atoms with van der Waals surface area (Å²) < 4.78 is 11.1. The van der Waals surface area contributed by atoms with Crippen molar-refractivity contribution in [2.24, 2.45) is 0 Å². The zero-order chi connectivity index (χ0) is 15.8. The third-order valence-electron chi connectivity index (χ3n) is 4.38. The van der Waals surface area contributed by atoms with Gasteiger partial charge < -0.3 is 14.4 Å². The fraction of sp³-hybridized carbons (Fsp3) is 0.611. The first-order chi connectivity index (χ1) is 10.8. The Balaban J connectivity index is 1.76. The summed E-state index contributed by atoms with van der Waals surface area (Å²) in [5, 5.41) is 0. The number of carbonyl (C=O) groups is 1. The summed E-state index contributed by atoms with van der Waals surface area (Å²) in [6.45, 7) is 5.30. The van der Waals surface area contributed by atoms with Crippen LogP contribution in [0.3, 0.4) is 0 Å². The van der Waals surface area contributed by atoms with E-state index in [1.807, 2.05) is 6.07 Å². The van der Waals surface area contributed by atoms with Crippen molar-refractivity contribution in [2.45, 2.75) is 45.1 Å². The van der Waals surface area contributed by atoms with Gasteiger partial charge in [-0.15, -0.1) is 0 Å². The molecule has 0 N–H and O–H groups in total. The number of nitrogens with zero attached hydrogens (tertiary/aromatic N) is 1. The van der Waals surface area contributed by atoms with Crippen molar-refractivity contribution in [3.05, 3.63) is 23.8 Å². The SMILES string of the molecule is COc1cccc(C=O)c1OCCCCN1CCCC[C@@H]1C. The van der Waals surface area contributed by atoms with E-state index in [0.717, 1.165) is 25.7 Å². The van der Waals surface area contributed by atoms with Crippen LogP contribution in [0.4, 0.5) is 0 Å². The molecule has 4 nitrogen and oxygen atoms in total. The highest BCUT2D eigenvalue weighted by Crippen LogP contribution is 2.30. The van der Waals surface area contributed by atoms with Gasteiger partial charge in [-0.1, -0.05) is 12.5 Å². The molecule has 0 spiro atoms. The number of likely N-dealkylation sites (tertiary alicyclic amines) is 1. The molecule has 2 rings (SSSR count). The van der Waals surface area contributed by atoms with Crippen LogP contribution in [0.2, 0.25) is 0 Å². The summed E-state index contributed by atoms with van der Waals surface area (Å²) in [4.78, 5) is 13.7. The number of piperidine rings is 1. The average molecular weight is 305 g/mol. The van der Waals surface area contributed by atoms with Gasteiger partial charge in [-0.25, -0.2) is 0 Å². The zero-order valence-corrected chi connectivity index (χ0v) is 13.7. The maximum atomic E-state index is 11.1. The summed E-state index contributed by atoms with van der Waals surface area (Å²) in [7, 11) is 1.59. The van der Waals surface area contributed by atoms with Crippen molar-refractivity contribution in [3.63, 3.8) is 0 Å². The van der Waals surface area contributed by atoms with Gasteiger partial charge in [0, 0.05) is 6.04 Å². The van der Waals surface area contributed by atoms with E-state index < -0.39 is 0 Å². The molecule has 0 amide bonds. The molecule has 0 aromatic heterocycles. The van der Waals surface area contributed by atoms with Crippen LogP contribution in [0.1, 0.15) is 49.4 Å². The summed E-state index contributed by atoms with van der Waals surface area (Å²) in [6, 6.07) is 6.08. The summed E-state index contributed by atoms with van der Waals surface area (Å²) in [5.74, 6) is 1.18. The normalized spacial score (nSPS) is 18.9. The Bertz CT molecular complexity index is 475. The van der Waals surface area contributed by atoms with Crippen LogP contribution in [-0.2, 0) is 0 Å². The molecule has 1 atom stereocenters. The smallest absolute Gasteiger partial charge is 0.171 e. The number of para-hydroxylation sites is 1. The van der Waals surface area contributed by atoms with Gasteiger partial charge in [0.05, 0.1) is 19.3 Å². The Hall–Kier alpha value is -1.55. The lowest BCUT2D eigenvalue weighted by Crippen LogP contribution is -2.38. The number of ether oxygens (including phenoxy) is 2. The van der Waals surface area contributed by atoms with Crippen LogP contribution in [-0.4, -0.2) is 44.0 Å². The van der Waals surface area contributed by atoms with Crippen LogP contribution in [0.15, 0.2) is 18.2 Å². The Morgan fingerprint density at radius 2 is 2.18 bits per heavy atom. The van der Waals surface area contributed by atoms with Crippen LogP contribution >= 0.6 is 0 Å². The van der Waals surface area contributed by atoms with Crippen LogP contribution in [0.25, 0.3) is 0 Å². The Kier molecular flexibility index (Phi) is 6.72. The number of carbonyl (C=O) groups excluding carboxylic acids is 1. The summed E-state index contributed by atoms with van der Waals surface area (Å²) in [5.41, 5.74) is 0.545. The van der Waals surface area contributed by atoms with E-state index in [1.165, 1.54) is 25.8 Å². The number of aldehydes is 1. The fourth-order valence-corrected chi connectivity index (χ4v) is 3.02. The molecule has 1 aromatic carbocycles. The van der Waals surface area contributed by atoms with Gasteiger partial charge in [0.1, 0.15) is 0 Å². The highest BCUT2D eigenvalue weighted by atomic mass is 16.5. The van der Waals surface area contributed by atoms with Gasteiger partial charge >= 0.3 is 0 Å². The lowest BCUT2D eigenvalue weighted by atomic mass is 10.0. The van der Waals surface area contributed by atoms with Gasteiger partial charge in [0.25, 0.3) is 0 Å². The van der Waals surface area contributed by atoms with Gasteiger partial charge in [-0.2, -0.15) is 0 Å². The van der Waals surface area contributed by atoms with Crippen LogP contribution < -0.4 is 9.47 Å². The molecular weight excluding hydrogens is 278 g/mol. The highest BCUT2D eigenvalue weighted by molar-refractivity contribution is 5.81. The first-order valence-corrected chi connectivity index (χ1v) is 8.25. The van der Waals surface area contributed by atoms with Gasteiger partial charge in [-0.05, 0) is 57.8 Å². The van der Waals surface area contributed by atoms with E-state index in [9.17, 15) is 4.79 Å². The topological polar surface area (TPSA) is 38.8 Å². The van der Waals surface area contributed by atoms with Crippen LogP contribution in [0, 0.1) is 0 Å². The average Bonchev–Trinajstić information content (AvgIpc) is 2.56. The van der Waals surface area contributed by atoms with Crippen molar-refractivity contribution in [2.75, 3.05) is 26.8 Å². The molecule has 0 saturated carbocycles. The molecule has 1 heterocycles. The molecule has 1 aliphatic heterocycles. The number of benzene rings is 1. The summed E-state index contributed by atoms with van der Waals surface area (Å²) in [6.07, 6.45) is 6.93. The fourth-order valence-electron chi connectivity index (χ4n) is 3.02. The van der Waals surface area contributed by atoms with Gasteiger partial charge in [0.15, 0.2) is 17.8 Å². The second kappa shape index (κ2) is 8.79. The lowest BCUT2D eigenvalue weighted by molar-refractivity contribution is 0.111. The van der Waals surface area contributed by atoms with E-state index in [0.29, 0.717) is 29.7 Å². The molecule has 0 radical (unpaired) electrons. The lowest BCUT2D eigenvalue weighted by Gasteiger charge is -2.33. The zero-order valence-electron chi connectivity index (χ0n) is 13.7. The molecule has 1 fully saturated rings. The van der Waals surface area contributed by atoms with Crippen molar-refractivity contribution in [1.82, 2.24) is 4.90 Å². The third kappa shape index (κ3) is 4.47. The third-order valence-corrected chi connectivity index (χ3v) is 4.38. The summed E-state index contributed by atoms with van der Waals surface area (Å²) >= 11 is 0. The molecule has 1 saturated heterocycles. The first kappa shape index (κ1) is 16.8. The number of methoxy groups -OCH3 is 1. The number of hydrogen-bond donors (Lipinski definition) is 0. The molecule has 1 aliphatic rings. The maximum absolute atomic E-state index is 11.1. The molecular formula is C18H27NO3. The Morgan fingerprint density at radius 3 is 2.91 bits per heavy atom. The second-order valence-electron chi connectivity index (χ2n) is 5.93. The number of unbranched alkanes of at least 4 members (excludes halogenated alkanes) is 1. The van der Waals surface area contributed by atoms with E-state index >= 15 is 0 Å². The largest absolute Gasteiger partial charge is 0.493 e. The van der Waals surface area contributed by atoms with Crippen molar-refractivity contribution >= 4 is 6.29 Å². The molecule has 122 valence electrons.